The van der Waals surface area contributed by atoms with Crippen molar-refractivity contribution in [1.82, 2.24) is 5.32 Å². The molecule has 0 spiro atoms. The van der Waals surface area contributed by atoms with Crippen LogP contribution in [0, 0.1) is 10.1 Å². The Morgan fingerprint density at radius 2 is 1.55 bits per heavy atom. The number of nitro groups is 1. The van der Waals surface area contributed by atoms with Gasteiger partial charge < -0.3 is 5.32 Å². The van der Waals surface area contributed by atoms with Gasteiger partial charge in [0.15, 0.2) is 0 Å². The van der Waals surface area contributed by atoms with Crippen molar-refractivity contribution in [2.45, 2.75) is 13.1 Å². The van der Waals surface area contributed by atoms with Crippen molar-refractivity contribution in [3.05, 3.63) is 73.8 Å². The van der Waals surface area contributed by atoms with Crippen LogP contribution >= 0.6 is 23.2 Å². The topological polar surface area (TPSA) is 55.2 Å². The Kier molecular flexibility index (Phi) is 4.95. The summed E-state index contributed by atoms with van der Waals surface area (Å²) >= 11 is 11.8. The Morgan fingerprint density at radius 1 is 0.950 bits per heavy atom. The van der Waals surface area contributed by atoms with Crippen LogP contribution in [0.25, 0.3) is 0 Å². The molecule has 2 rings (SSSR count). The molecule has 0 aliphatic rings. The van der Waals surface area contributed by atoms with Crippen molar-refractivity contribution in [3.63, 3.8) is 0 Å². The van der Waals surface area contributed by atoms with Gasteiger partial charge in [-0.15, -0.1) is 0 Å². The normalized spacial score (nSPS) is 10.5. The summed E-state index contributed by atoms with van der Waals surface area (Å²) in [5, 5.41) is 14.8. The van der Waals surface area contributed by atoms with Crippen molar-refractivity contribution in [1.29, 1.82) is 0 Å². The summed E-state index contributed by atoms with van der Waals surface area (Å²) in [5.41, 5.74) is 2.11. The fourth-order valence-corrected chi connectivity index (χ4v) is 2.06. The van der Waals surface area contributed by atoms with Crippen molar-refractivity contribution < 1.29 is 4.92 Å². The average molecular weight is 311 g/mol. The molecule has 104 valence electrons. The van der Waals surface area contributed by atoms with Gasteiger partial charge in [-0.05, 0) is 23.3 Å². The van der Waals surface area contributed by atoms with Gasteiger partial charge in [-0.25, -0.2) is 0 Å². The minimum atomic E-state index is -0.410. The maximum atomic E-state index is 10.5. The van der Waals surface area contributed by atoms with E-state index in [4.69, 9.17) is 23.2 Å². The highest BCUT2D eigenvalue weighted by Crippen LogP contribution is 2.22. The van der Waals surface area contributed by atoms with E-state index in [1.807, 2.05) is 12.1 Å². The van der Waals surface area contributed by atoms with E-state index in [-0.39, 0.29) is 5.69 Å². The van der Waals surface area contributed by atoms with Crippen LogP contribution < -0.4 is 5.32 Å². The molecule has 0 aromatic heterocycles. The van der Waals surface area contributed by atoms with Gasteiger partial charge in [0.25, 0.3) is 5.69 Å². The molecule has 6 heteroatoms. The number of hydrogen-bond acceptors (Lipinski definition) is 3. The minimum absolute atomic E-state index is 0.0956. The van der Waals surface area contributed by atoms with Crippen molar-refractivity contribution in [2.24, 2.45) is 0 Å². The highest BCUT2D eigenvalue weighted by atomic mass is 35.5. The average Bonchev–Trinajstić information content (AvgIpc) is 2.43. The second-order valence-electron chi connectivity index (χ2n) is 4.28. The van der Waals surface area contributed by atoms with Gasteiger partial charge in [0.1, 0.15) is 0 Å². The summed E-state index contributed by atoms with van der Waals surface area (Å²) in [6, 6.07) is 11.9. The summed E-state index contributed by atoms with van der Waals surface area (Å²) in [7, 11) is 0. The molecule has 0 aliphatic heterocycles. The van der Waals surface area contributed by atoms with Gasteiger partial charge in [0.2, 0.25) is 0 Å². The van der Waals surface area contributed by atoms with Crippen LogP contribution in [0.15, 0.2) is 42.5 Å². The highest BCUT2D eigenvalue weighted by Gasteiger charge is 2.04. The van der Waals surface area contributed by atoms with Crippen LogP contribution in [0.2, 0.25) is 10.0 Å². The molecule has 0 fully saturated rings. The number of nitrogens with zero attached hydrogens (tertiary/aromatic N) is 1. The molecule has 0 unspecified atom stereocenters. The molecule has 0 aliphatic carbocycles. The third-order valence-corrected chi connectivity index (χ3v) is 3.53. The van der Waals surface area contributed by atoms with Crippen LogP contribution in [0.4, 0.5) is 5.69 Å². The van der Waals surface area contributed by atoms with Gasteiger partial charge in [-0.3, -0.25) is 10.1 Å². The standard InChI is InChI=1S/C14H12Cl2N2O2/c15-13-6-3-11(7-14(13)16)9-17-8-10-1-4-12(5-2-10)18(19)20/h1-7,17H,8-9H2. The predicted octanol–water partition coefficient (Wildman–Crippen LogP) is 4.19. The molecule has 0 radical (unpaired) electrons. The number of rotatable bonds is 5. The molecule has 0 bridgehead atoms. The van der Waals surface area contributed by atoms with Crippen LogP contribution in [0.3, 0.4) is 0 Å². The lowest BCUT2D eigenvalue weighted by molar-refractivity contribution is -0.384. The molecule has 20 heavy (non-hydrogen) atoms. The van der Waals surface area contributed by atoms with Crippen molar-refractivity contribution in [2.75, 3.05) is 0 Å². The van der Waals surface area contributed by atoms with Gasteiger partial charge >= 0.3 is 0 Å². The Morgan fingerprint density at radius 3 is 2.15 bits per heavy atom. The molecule has 0 atom stereocenters. The third-order valence-electron chi connectivity index (χ3n) is 2.79. The van der Waals surface area contributed by atoms with Crippen molar-refractivity contribution in [3.8, 4) is 0 Å². The molecule has 0 saturated carbocycles. The molecule has 2 aromatic rings. The highest BCUT2D eigenvalue weighted by molar-refractivity contribution is 6.42. The van der Waals surface area contributed by atoms with E-state index >= 15 is 0 Å². The van der Waals surface area contributed by atoms with E-state index in [1.54, 1.807) is 18.2 Å². The van der Waals surface area contributed by atoms with Crippen LogP contribution in [0.1, 0.15) is 11.1 Å². The zero-order valence-corrected chi connectivity index (χ0v) is 12.0. The zero-order chi connectivity index (χ0) is 14.5. The van der Waals surface area contributed by atoms with Gasteiger partial charge in [-0.1, -0.05) is 41.4 Å². The fourth-order valence-electron chi connectivity index (χ4n) is 1.74. The first-order valence-corrected chi connectivity index (χ1v) is 6.70. The molecule has 2 aromatic carbocycles. The second-order valence-corrected chi connectivity index (χ2v) is 5.09. The van der Waals surface area contributed by atoms with Gasteiger partial charge in [0, 0.05) is 25.2 Å². The summed E-state index contributed by atoms with van der Waals surface area (Å²) < 4.78 is 0. The Labute approximate surface area is 126 Å². The lowest BCUT2D eigenvalue weighted by atomic mass is 10.2. The van der Waals surface area contributed by atoms with E-state index < -0.39 is 4.92 Å². The molecule has 1 N–H and O–H groups in total. The maximum absolute atomic E-state index is 10.5. The first-order valence-electron chi connectivity index (χ1n) is 5.94. The number of benzene rings is 2. The lowest BCUT2D eigenvalue weighted by Crippen LogP contribution is -2.12. The largest absolute Gasteiger partial charge is 0.309 e. The summed E-state index contributed by atoms with van der Waals surface area (Å²) in [6.07, 6.45) is 0. The van der Waals surface area contributed by atoms with Crippen LogP contribution in [-0.2, 0) is 13.1 Å². The monoisotopic (exact) mass is 310 g/mol. The van der Waals surface area contributed by atoms with Crippen molar-refractivity contribution >= 4 is 28.9 Å². The van der Waals surface area contributed by atoms with Crippen LogP contribution in [-0.4, -0.2) is 4.92 Å². The molecular formula is C14H12Cl2N2O2. The lowest BCUT2D eigenvalue weighted by Gasteiger charge is -2.06. The number of halogens is 2. The summed E-state index contributed by atoms with van der Waals surface area (Å²) in [5.74, 6) is 0. The number of nitrogens with one attached hydrogen (secondary N) is 1. The van der Waals surface area contributed by atoms with E-state index in [2.05, 4.69) is 5.32 Å². The smallest absolute Gasteiger partial charge is 0.269 e. The summed E-state index contributed by atoms with van der Waals surface area (Å²) in [4.78, 5) is 10.1. The van der Waals surface area contributed by atoms with E-state index in [0.29, 0.717) is 23.1 Å². The molecule has 0 heterocycles. The predicted molar refractivity (Wildman–Crippen MR) is 80.1 cm³/mol. The van der Waals surface area contributed by atoms with Crippen LogP contribution in [0.5, 0.6) is 0 Å². The Balaban J connectivity index is 1.89. The number of hydrogen-bond donors (Lipinski definition) is 1. The Hall–Kier alpha value is -1.62. The molecular weight excluding hydrogens is 299 g/mol. The first kappa shape index (κ1) is 14.8. The second kappa shape index (κ2) is 6.70. The maximum Gasteiger partial charge on any atom is 0.269 e. The van der Waals surface area contributed by atoms with Gasteiger partial charge in [-0.2, -0.15) is 0 Å². The van der Waals surface area contributed by atoms with E-state index in [9.17, 15) is 10.1 Å². The molecule has 0 amide bonds. The minimum Gasteiger partial charge on any atom is -0.309 e. The fraction of sp³-hybridized carbons (Fsp3) is 0.143. The zero-order valence-electron chi connectivity index (χ0n) is 10.5. The van der Waals surface area contributed by atoms with E-state index in [1.165, 1.54) is 12.1 Å². The molecule has 4 nitrogen and oxygen atoms in total. The number of nitro benzene ring substituents is 1. The quantitative estimate of drug-likeness (QED) is 0.665. The molecule has 0 saturated heterocycles. The first-order chi connectivity index (χ1) is 9.56. The SMILES string of the molecule is O=[N+]([O-])c1ccc(CNCc2ccc(Cl)c(Cl)c2)cc1. The van der Waals surface area contributed by atoms with Gasteiger partial charge in [0.05, 0.1) is 15.0 Å². The Bertz CT molecular complexity index is 615. The summed E-state index contributed by atoms with van der Waals surface area (Å²) in [6.45, 7) is 1.27. The number of non-ortho nitro benzene ring substituents is 1. The van der Waals surface area contributed by atoms with E-state index in [0.717, 1.165) is 11.1 Å². The third kappa shape index (κ3) is 3.93.